The van der Waals surface area contributed by atoms with Gasteiger partial charge < -0.3 is 0 Å². The van der Waals surface area contributed by atoms with Gasteiger partial charge >= 0.3 is 0 Å². The van der Waals surface area contributed by atoms with Crippen LogP contribution in [0.15, 0.2) is 47.4 Å². The maximum absolute atomic E-state index is 11.0. The van der Waals surface area contributed by atoms with E-state index in [9.17, 15) is 4.21 Å². The van der Waals surface area contributed by atoms with Crippen molar-refractivity contribution in [3.63, 3.8) is 0 Å². The van der Waals surface area contributed by atoms with Crippen LogP contribution in [0.2, 0.25) is 0 Å². The van der Waals surface area contributed by atoms with E-state index in [1.54, 1.807) is 6.07 Å². The number of nitrogens with two attached hydrogens (primary N) is 1. The molecular formula is C10H10NOS+. The number of benzene rings is 2. The summed E-state index contributed by atoms with van der Waals surface area (Å²) in [6.45, 7) is 0. The van der Waals surface area contributed by atoms with Gasteiger partial charge in [0.05, 0.1) is 0 Å². The lowest BCUT2D eigenvalue weighted by atomic mass is 10.1. The Morgan fingerprint density at radius 1 is 1.00 bits per heavy atom. The summed E-state index contributed by atoms with van der Waals surface area (Å²) < 4.78 is 11.0. The molecule has 0 aromatic heterocycles. The summed E-state index contributed by atoms with van der Waals surface area (Å²) in [6.07, 6.45) is 0. The van der Waals surface area contributed by atoms with Crippen LogP contribution in [-0.4, -0.2) is 0 Å². The van der Waals surface area contributed by atoms with Gasteiger partial charge in [-0.25, -0.2) is 0 Å². The number of hydrogen-bond donors (Lipinski definition) is 1. The van der Waals surface area contributed by atoms with Crippen molar-refractivity contribution in [1.82, 2.24) is 0 Å². The zero-order valence-corrected chi connectivity index (χ0v) is 7.87. The van der Waals surface area contributed by atoms with Crippen LogP contribution in [0, 0.1) is 0 Å². The molecule has 0 aliphatic rings. The fraction of sp³-hybridized carbons (Fsp3) is 0. The molecule has 1 atom stereocenters. The van der Waals surface area contributed by atoms with Crippen molar-refractivity contribution in [2.24, 2.45) is 5.14 Å². The van der Waals surface area contributed by atoms with Gasteiger partial charge in [0.15, 0.2) is 15.9 Å². The minimum atomic E-state index is -1.72. The summed E-state index contributed by atoms with van der Waals surface area (Å²) in [5.74, 6) is 0. The van der Waals surface area contributed by atoms with Crippen LogP contribution in [0.5, 0.6) is 0 Å². The van der Waals surface area contributed by atoms with E-state index in [0.29, 0.717) is 4.90 Å². The standard InChI is InChI=1S/C10H9NOS/c11-13(12)10-6-5-8-3-1-2-4-9(8)7-10/h1-7H,(H2,11,12)/p+1. The molecule has 2 rings (SSSR count). The second kappa shape index (κ2) is 3.28. The number of hydrogen-bond acceptors (Lipinski definition) is 1. The van der Waals surface area contributed by atoms with E-state index in [-0.39, 0.29) is 0 Å². The molecule has 2 N–H and O–H groups in total. The molecule has 0 bridgehead atoms. The van der Waals surface area contributed by atoms with Gasteiger partial charge in [-0.3, -0.25) is 0 Å². The average molecular weight is 192 g/mol. The monoisotopic (exact) mass is 192 g/mol. The van der Waals surface area contributed by atoms with Crippen molar-refractivity contribution in [3.8, 4) is 0 Å². The molecule has 0 radical (unpaired) electrons. The van der Waals surface area contributed by atoms with Crippen molar-refractivity contribution >= 4 is 21.8 Å². The van der Waals surface area contributed by atoms with Crippen LogP contribution >= 0.6 is 0 Å². The molecule has 1 unspecified atom stereocenters. The van der Waals surface area contributed by atoms with Crippen molar-refractivity contribution in [2.75, 3.05) is 0 Å². The quantitative estimate of drug-likeness (QED) is 0.543. The molecule has 0 saturated carbocycles. The summed E-state index contributed by atoms with van der Waals surface area (Å²) >= 11 is 0. The van der Waals surface area contributed by atoms with E-state index in [0.717, 1.165) is 10.8 Å². The van der Waals surface area contributed by atoms with Gasteiger partial charge in [0.1, 0.15) is 0 Å². The van der Waals surface area contributed by atoms with E-state index >= 15 is 0 Å². The number of rotatable bonds is 1. The largest absolute Gasteiger partial charge is 0.175 e. The maximum Gasteiger partial charge on any atom is 0.175 e. The zero-order chi connectivity index (χ0) is 9.26. The van der Waals surface area contributed by atoms with Gasteiger partial charge in [0, 0.05) is 6.07 Å². The smallest absolute Gasteiger partial charge is 0.147 e. The SMILES string of the molecule is N[SH+](=O)c1ccc2ccccc2c1. The number of fused-ring (bicyclic) bond motifs is 1. The molecule has 0 fully saturated rings. The molecule has 3 heteroatoms. The topological polar surface area (TPSA) is 43.1 Å². The highest BCUT2D eigenvalue weighted by atomic mass is 32.2. The lowest BCUT2D eigenvalue weighted by Crippen LogP contribution is -2.00. The van der Waals surface area contributed by atoms with Gasteiger partial charge in [-0.15, -0.1) is 5.14 Å². The second-order valence-corrected chi connectivity index (χ2v) is 4.03. The molecule has 0 heterocycles. The van der Waals surface area contributed by atoms with Gasteiger partial charge in [-0.05, 0) is 22.9 Å². The lowest BCUT2D eigenvalue weighted by molar-refractivity contribution is 0.596. The first-order valence-electron chi connectivity index (χ1n) is 3.98. The molecule has 0 amide bonds. The van der Waals surface area contributed by atoms with E-state index < -0.39 is 11.0 Å². The third-order valence-corrected chi connectivity index (χ3v) is 2.77. The summed E-state index contributed by atoms with van der Waals surface area (Å²) in [4.78, 5) is 0.703. The van der Waals surface area contributed by atoms with Crippen LogP contribution in [0.1, 0.15) is 0 Å². The first kappa shape index (κ1) is 8.41. The molecular weight excluding hydrogens is 182 g/mol. The van der Waals surface area contributed by atoms with Crippen molar-refractivity contribution in [1.29, 1.82) is 0 Å². The predicted molar refractivity (Wildman–Crippen MR) is 55.8 cm³/mol. The summed E-state index contributed by atoms with van der Waals surface area (Å²) in [5, 5.41) is 7.53. The van der Waals surface area contributed by atoms with Gasteiger partial charge in [-0.2, -0.15) is 0 Å². The minimum Gasteiger partial charge on any atom is -0.147 e. The van der Waals surface area contributed by atoms with Crippen LogP contribution in [0.3, 0.4) is 0 Å². The summed E-state index contributed by atoms with van der Waals surface area (Å²) in [5.41, 5.74) is 0. The van der Waals surface area contributed by atoms with Crippen LogP contribution in [0.25, 0.3) is 10.8 Å². The lowest BCUT2D eigenvalue weighted by Gasteiger charge is -1.95. The van der Waals surface area contributed by atoms with E-state index in [4.69, 9.17) is 5.14 Å². The summed E-state index contributed by atoms with van der Waals surface area (Å²) in [6, 6.07) is 13.5. The molecule has 2 aromatic rings. The molecule has 2 nitrogen and oxygen atoms in total. The highest BCUT2D eigenvalue weighted by Gasteiger charge is 2.03. The molecule has 0 aliphatic heterocycles. The van der Waals surface area contributed by atoms with Crippen LogP contribution < -0.4 is 5.14 Å². The Bertz CT molecular complexity index is 467. The highest BCUT2D eigenvalue weighted by molar-refractivity contribution is 7.82. The normalized spacial score (nSPS) is 13.0. The Labute approximate surface area is 79.0 Å². The molecule has 0 spiro atoms. The summed E-state index contributed by atoms with van der Waals surface area (Å²) in [7, 11) is -1.72. The molecule has 13 heavy (non-hydrogen) atoms. The Balaban J connectivity index is 2.69. The molecule has 66 valence electrons. The van der Waals surface area contributed by atoms with Crippen LogP contribution in [-0.2, 0) is 15.2 Å². The Hall–Kier alpha value is -1.19. The van der Waals surface area contributed by atoms with Crippen LogP contribution in [0.4, 0.5) is 0 Å². The molecule has 2 aromatic carbocycles. The fourth-order valence-electron chi connectivity index (χ4n) is 1.31. The van der Waals surface area contributed by atoms with E-state index in [1.807, 2.05) is 36.4 Å². The third-order valence-electron chi connectivity index (χ3n) is 1.99. The number of thiol groups is 1. The highest BCUT2D eigenvalue weighted by Crippen LogP contribution is 2.16. The third kappa shape index (κ3) is 1.61. The average Bonchev–Trinajstić information content (AvgIpc) is 2.17. The molecule has 0 aliphatic carbocycles. The Morgan fingerprint density at radius 2 is 1.69 bits per heavy atom. The Kier molecular flexibility index (Phi) is 2.12. The minimum absolute atomic E-state index is 0.703. The fourth-order valence-corrected chi connectivity index (χ4v) is 1.80. The zero-order valence-electron chi connectivity index (χ0n) is 6.97. The van der Waals surface area contributed by atoms with E-state index in [1.165, 1.54) is 0 Å². The first-order chi connectivity index (χ1) is 6.27. The van der Waals surface area contributed by atoms with Gasteiger partial charge in [0.25, 0.3) is 0 Å². The first-order valence-corrected chi connectivity index (χ1v) is 5.31. The van der Waals surface area contributed by atoms with Crippen molar-refractivity contribution < 1.29 is 4.21 Å². The van der Waals surface area contributed by atoms with Crippen molar-refractivity contribution in [2.45, 2.75) is 4.90 Å². The maximum atomic E-state index is 11.0. The van der Waals surface area contributed by atoms with E-state index in [2.05, 4.69) is 0 Å². The van der Waals surface area contributed by atoms with Gasteiger partial charge in [-0.1, -0.05) is 28.5 Å². The Morgan fingerprint density at radius 3 is 2.38 bits per heavy atom. The van der Waals surface area contributed by atoms with Gasteiger partial charge in [0.2, 0.25) is 0 Å². The second-order valence-electron chi connectivity index (χ2n) is 2.86. The van der Waals surface area contributed by atoms with Crippen molar-refractivity contribution in [3.05, 3.63) is 42.5 Å². The molecule has 0 saturated heterocycles. The predicted octanol–water partition coefficient (Wildman–Crippen LogP) is 1.77.